The number of hydrogen-bond acceptors (Lipinski definition) is 0. The minimum absolute atomic E-state index is 0.0455. The molecule has 1 unspecified atom stereocenters. The van der Waals surface area contributed by atoms with Crippen LogP contribution in [0.3, 0.4) is 0 Å². The molecule has 0 saturated carbocycles. The SMILES string of the molecule is Cc1cc2c(c(C)c1F)C(Br)CC2(C)C. The maximum absolute atomic E-state index is 13.8. The van der Waals surface area contributed by atoms with E-state index in [0.717, 1.165) is 17.5 Å². The van der Waals surface area contributed by atoms with E-state index in [0.29, 0.717) is 4.83 Å². The molecule has 0 bridgehead atoms. The summed E-state index contributed by atoms with van der Waals surface area (Å²) in [6, 6.07) is 2.01. The second-order valence-electron chi connectivity index (χ2n) is 5.15. The maximum Gasteiger partial charge on any atom is 0.129 e. The highest BCUT2D eigenvalue weighted by molar-refractivity contribution is 9.09. The molecule has 0 aromatic heterocycles. The third-order valence-electron chi connectivity index (χ3n) is 3.46. The van der Waals surface area contributed by atoms with Crippen molar-refractivity contribution >= 4 is 15.9 Å². The number of hydrogen-bond donors (Lipinski definition) is 0. The van der Waals surface area contributed by atoms with Crippen molar-refractivity contribution in [2.24, 2.45) is 0 Å². The summed E-state index contributed by atoms with van der Waals surface area (Å²) in [5.74, 6) is -0.0455. The quantitative estimate of drug-likeness (QED) is 0.607. The van der Waals surface area contributed by atoms with Gasteiger partial charge in [0.05, 0.1) is 0 Å². The first-order valence-electron chi connectivity index (χ1n) is 5.29. The summed E-state index contributed by atoms with van der Waals surface area (Å²) >= 11 is 3.66. The van der Waals surface area contributed by atoms with Crippen molar-refractivity contribution in [3.63, 3.8) is 0 Å². The van der Waals surface area contributed by atoms with Gasteiger partial charge < -0.3 is 0 Å². The highest BCUT2D eigenvalue weighted by atomic mass is 79.9. The zero-order chi connectivity index (χ0) is 11.4. The first-order valence-corrected chi connectivity index (χ1v) is 6.20. The molecular formula is C13H16BrF. The lowest BCUT2D eigenvalue weighted by Gasteiger charge is -2.20. The van der Waals surface area contributed by atoms with E-state index in [9.17, 15) is 4.39 Å². The average Bonchev–Trinajstić information content (AvgIpc) is 2.33. The van der Waals surface area contributed by atoms with Crippen molar-refractivity contribution in [3.8, 4) is 0 Å². The Morgan fingerprint density at radius 2 is 2.00 bits per heavy atom. The Labute approximate surface area is 99.0 Å². The zero-order valence-electron chi connectivity index (χ0n) is 9.62. The Bertz CT molecular complexity index is 421. The third kappa shape index (κ3) is 1.54. The Balaban J connectivity index is 2.75. The monoisotopic (exact) mass is 270 g/mol. The zero-order valence-corrected chi connectivity index (χ0v) is 11.2. The van der Waals surface area contributed by atoms with Crippen molar-refractivity contribution < 1.29 is 4.39 Å². The van der Waals surface area contributed by atoms with E-state index in [1.807, 2.05) is 19.9 Å². The van der Waals surface area contributed by atoms with Crippen molar-refractivity contribution in [1.82, 2.24) is 0 Å². The largest absolute Gasteiger partial charge is 0.206 e. The molecule has 1 aliphatic carbocycles. The smallest absolute Gasteiger partial charge is 0.129 e. The van der Waals surface area contributed by atoms with Crippen LogP contribution in [0.15, 0.2) is 6.07 Å². The molecule has 0 aliphatic heterocycles. The Hall–Kier alpha value is -0.370. The van der Waals surface area contributed by atoms with Gasteiger partial charge in [-0.05, 0) is 47.9 Å². The molecule has 1 aromatic rings. The Morgan fingerprint density at radius 1 is 1.40 bits per heavy atom. The van der Waals surface area contributed by atoms with Gasteiger partial charge in [-0.15, -0.1) is 0 Å². The van der Waals surface area contributed by atoms with Gasteiger partial charge >= 0.3 is 0 Å². The standard InChI is InChI=1S/C13H16BrF/c1-7-5-9-11(8(2)12(7)15)10(14)6-13(9,3)4/h5,10H,6H2,1-4H3. The Morgan fingerprint density at radius 3 is 2.60 bits per heavy atom. The van der Waals surface area contributed by atoms with E-state index in [1.165, 1.54) is 11.1 Å². The number of rotatable bonds is 0. The van der Waals surface area contributed by atoms with Crippen LogP contribution in [-0.2, 0) is 5.41 Å². The predicted molar refractivity (Wildman–Crippen MR) is 65.2 cm³/mol. The van der Waals surface area contributed by atoms with Crippen molar-refractivity contribution in [2.75, 3.05) is 0 Å². The average molecular weight is 271 g/mol. The van der Waals surface area contributed by atoms with Gasteiger partial charge in [-0.3, -0.25) is 0 Å². The highest BCUT2D eigenvalue weighted by Crippen LogP contribution is 2.50. The maximum atomic E-state index is 13.8. The van der Waals surface area contributed by atoms with E-state index in [1.54, 1.807) is 0 Å². The van der Waals surface area contributed by atoms with Crippen LogP contribution in [0, 0.1) is 19.7 Å². The van der Waals surface area contributed by atoms with E-state index in [2.05, 4.69) is 29.8 Å². The number of alkyl halides is 1. The second-order valence-corrected chi connectivity index (χ2v) is 6.25. The molecular weight excluding hydrogens is 255 g/mol. The lowest BCUT2D eigenvalue weighted by molar-refractivity contribution is 0.520. The summed E-state index contributed by atoms with van der Waals surface area (Å²) in [6.07, 6.45) is 1.05. The highest BCUT2D eigenvalue weighted by Gasteiger charge is 2.37. The van der Waals surface area contributed by atoms with Crippen LogP contribution in [0.25, 0.3) is 0 Å². The van der Waals surface area contributed by atoms with Gasteiger partial charge in [0.1, 0.15) is 5.82 Å². The van der Waals surface area contributed by atoms with Crippen molar-refractivity contribution in [1.29, 1.82) is 0 Å². The second kappa shape index (κ2) is 3.31. The fourth-order valence-electron chi connectivity index (χ4n) is 2.60. The number of aryl methyl sites for hydroxylation is 1. The fourth-order valence-corrected chi connectivity index (χ4v) is 4.00. The van der Waals surface area contributed by atoms with Crippen LogP contribution in [0.2, 0.25) is 0 Å². The molecule has 1 aliphatic rings. The molecule has 82 valence electrons. The molecule has 0 spiro atoms. The van der Waals surface area contributed by atoms with Crippen LogP contribution in [0.1, 0.15) is 47.3 Å². The minimum atomic E-state index is -0.0455. The number of benzene rings is 1. The van der Waals surface area contributed by atoms with Crippen LogP contribution in [0.4, 0.5) is 4.39 Å². The number of fused-ring (bicyclic) bond motifs is 1. The summed E-state index contributed by atoms with van der Waals surface area (Å²) in [5.41, 5.74) is 4.22. The van der Waals surface area contributed by atoms with E-state index in [-0.39, 0.29) is 11.2 Å². The van der Waals surface area contributed by atoms with Crippen molar-refractivity contribution in [3.05, 3.63) is 34.1 Å². The van der Waals surface area contributed by atoms with Crippen LogP contribution in [-0.4, -0.2) is 0 Å². The fraction of sp³-hybridized carbons (Fsp3) is 0.538. The van der Waals surface area contributed by atoms with E-state index >= 15 is 0 Å². The van der Waals surface area contributed by atoms with Gasteiger partial charge in [0.15, 0.2) is 0 Å². The van der Waals surface area contributed by atoms with E-state index < -0.39 is 0 Å². The molecule has 0 heterocycles. The third-order valence-corrected chi connectivity index (χ3v) is 4.24. The van der Waals surface area contributed by atoms with E-state index in [4.69, 9.17) is 0 Å². The van der Waals surface area contributed by atoms with Gasteiger partial charge in [-0.25, -0.2) is 4.39 Å². The summed E-state index contributed by atoms with van der Waals surface area (Å²) in [7, 11) is 0. The molecule has 0 nitrogen and oxygen atoms in total. The molecule has 2 heteroatoms. The molecule has 15 heavy (non-hydrogen) atoms. The molecule has 1 atom stereocenters. The normalized spacial score (nSPS) is 22.9. The first kappa shape index (κ1) is 11.1. The Kier molecular flexibility index (Phi) is 2.45. The molecule has 1 aromatic carbocycles. The molecule has 0 fully saturated rings. The summed E-state index contributed by atoms with van der Waals surface area (Å²) in [6.45, 7) is 8.19. The molecule has 0 radical (unpaired) electrons. The van der Waals surface area contributed by atoms with Gasteiger partial charge in [-0.1, -0.05) is 35.8 Å². The summed E-state index contributed by atoms with van der Waals surface area (Å²) < 4.78 is 13.8. The van der Waals surface area contributed by atoms with Crippen LogP contribution in [0.5, 0.6) is 0 Å². The van der Waals surface area contributed by atoms with Gasteiger partial charge in [0.25, 0.3) is 0 Å². The molecule has 0 N–H and O–H groups in total. The lowest BCUT2D eigenvalue weighted by atomic mass is 9.85. The molecule has 0 saturated heterocycles. The van der Waals surface area contributed by atoms with Gasteiger partial charge in [0, 0.05) is 4.83 Å². The van der Waals surface area contributed by atoms with Crippen LogP contribution >= 0.6 is 15.9 Å². The summed E-state index contributed by atoms with van der Waals surface area (Å²) in [4.78, 5) is 0.303. The first-order chi connectivity index (χ1) is 6.84. The molecule has 0 amide bonds. The number of halogens is 2. The summed E-state index contributed by atoms with van der Waals surface area (Å²) in [5, 5.41) is 0. The van der Waals surface area contributed by atoms with Crippen molar-refractivity contribution in [2.45, 2.75) is 44.4 Å². The van der Waals surface area contributed by atoms with Gasteiger partial charge in [-0.2, -0.15) is 0 Å². The van der Waals surface area contributed by atoms with Gasteiger partial charge in [0.2, 0.25) is 0 Å². The topological polar surface area (TPSA) is 0 Å². The lowest BCUT2D eigenvalue weighted by Crippen LogP contribution is -2.12. The predicted octanol–water partition coefficient (Wildman–Crippen LogP) is 4.56. The van der Waals surface area contributed by atoms with Crippen LogP contribution < -0.4 is 0 Å². The molecule has 2 rings (SSSR count). The minimum Gasteiger partial charge on any atom is -0.206 e.